The topological polar surface area (TPSA) is 50.9 Å². The number of nitrogen functional groups attached to an aromatic ring is 1. The zero-order valence-corrected chi connectivity index (χ0v) is 10.5. The molecule has 0 bridgehead atoms. The van der Waals surface area contributed by atoms with E-state index in [-0.39, 0.29) is 0 Å². The molecule has 1 aliphatic carbocycles. The number of hydrazine groups is 1. The predicted molar refractivity (Wildman–Crippen MR) is 71.5 cm³/mol. The van der Waals surface area contributed by atoms with E-state index in [0.717, 1.165) is 22.3 Å². The number of halogens is 2. The van der Waals surface area contributed by atoms with Gasteiger partial charge in [0.15, 0.2) is 0 Å². The lowest BCUT2D eigenvalue weighted by atomic mass is 10.1. The number of aromatic nitrogens is 1. The number of anilines is 1. The van der Waals surface area contributed by atoms with Crippen LogP contribution in [0, 0.1) is 0 Å². The van der Waals surface area contributed by atoms with E-state index in [1.165, 1.54) is 12.8 Å². The van der Waals surface area contributed by atoms with E-state index in [9.17, 15) is 0 Å². The first kappa shape index (κ1) is 11.1. The van der Waals surface area contributed by atoms with Gasteiger partial charge in [0, 0.05) is 22.0 Å². The Bertz CT molecular complexity index is 594. The van der Waals surface area contributed by atoms with Crippen molar-refractivity contribution in [2.45, 2.75) is 18.8 Å². The Balaban J connectivity index is 2.31. The summed E-state index contributed by atoms with van der Waals surface area (Å²) in [5.74, 6) is 6.10. The van der Waals surface area contributed by atoms with Crippen LogP contribution in [0.1, 0.15) is 24.5 Å². The monoisotopic (exact) mass is 267 g/mol. The molecular formula is C12H11Cl2N3. The molecule has 3 nitrogen and oxygen atoms in total. The molecule has 2 aromatic rings. The van der Waals surface area contributed by atoms with E-state index in [0.29, 0.717) is 16.0 Å². The minimum atomic E-state index is 0.554. The third-order valence-electron chi connectivity index (χ3n) is 3.00. The van der Waals surface area contributed by atoms with Crippen molar-refractivity contribution >= 4 is 39.8 Å². The molecule has 0 atom stereocenters. The second-order valence-corrected chi connectivity index (χ2v) is 5.14. The fourth-order valence-corrected chi connectivity index (χ4v) is 2.52. The summed E-state index contributed by atoms with van der Waals surface area (Å²) in [7, 11) is 0. The van der Waals surface area contributed by atoms with Gasteiger partial charge in [0.1, 0.15) is 0 Å². The van der Waals surface area contributed by atoms with Gasteiger partial charge in [0.2, 0.25) is 0 Å². The van der Waals surface area contributed by atoms with Gasteiger partial charge in [-0.3, -0.25) is 10.8 Å². The standard InChI is InChI=1S/C12H11Cl2N3/c13-7-3-8-11(17-15)5-10(6-1-2-6)16-12(8)9(14)4-7/h3-6H,1-2,15H2,(H,16,17). The van der Waals surface area contributed by atoms with Crippen LogP contribution in [-0.2, 0) is 0 Å². The van der Waals surface area contributed by atoms with E-state index >= 15 is 0 Å². The molecule has 1 aliphatic rings. The molecule has 17 heavy (non-hydrogen) atoms. The number of nitrogens with one attached hydrogen (secondary N) is 1. The van der Waals surface area contributed by atoms with Crippen molar-refractivity contribution in [2.24, 2.45) is 5.84 Å². The SMILES string of the molecule is NNc1cc(C2CC2)nc2c(Cl)cc(Cl)cc12. The Morgan fingerprint density at radius 1 is 1.24 bits per heavy atom. The van der Waals surface area contributed by atoms with Gasteiger partial charge in [0.25, 0.3) is 0 Å². The largest absolute Gasteiger partial charge is 0.323 e. The van der Waals surface area contributed by atoms with Crippen molar-refractivity contribution in [3.63, 3.8) is 0 Å². The normalized spacial score (nSPS) is 15.2. The lowest BCUT2D eigenvalue weighted by molar-refractivity contribution is 1.04. The summed E-state index contributed by atoms with van der Waals surface area (Å²) >= 11 is 12.2. The molecule has 0 spiro atoms. The maximum atomic E-state index is 6.17. The highest BCUT2D eigenvalue weighted by Crippen LogP contribution is 2.42. The number of hydrogen-bond donors (Lipinski definition) is 2. The van der Waals surface area contributed by atoms with Gasteiger partial charge in [-0.1, -0.05) is 23.2 Å². The van der Waals surface area contributed by atoms with Gasteiger partial charge in [-0.25, -0.2) is 0 Å². The van der Waals surface area contributed by atoms with Crippen LogP contribution in [0.4, 0.5) is 5.69 Å². The van der Waals surface area contributed by atoms with Crippen LogP contribution >= 0.6 is 23.2 Å². The minimum Gasteiger partial charge on any atom is -0.323 e. The number of nitrogens with two attached hydrogens (primary N) is 1. The molecule has 0 aliphatic heterocycles. The molecule has 1 fully saturated rings. The van der Waals surface area contributed by atoms with Crippen molar-refractivity contribution in [2.75, 3.05) is 5.43 Å². The Morgan fingerprint density at radius 2 is 2.00 bits per heavy atom. The van der Waals surface area contributed by atoms with Crippen LogP contribution in [0.15, 0.2) is 18.2 Å². The Hall–Kier alpha value is -1.03. The van der Waals surface area contributed by atoms with Crippen LogP contribution in [-0.4, -0.2) is 4.98 Å². The van der Waals surface area contributed by atoms with Crippen LogP contribution in [0.3, 0.4) is 0 Å². The Morgan fingerprint density at radius 3 is 2.65 bits per heavy atom. The zero-order valence-electron chi connectivity index (χ0n) is 9.00. The molecule has 3 rings (SSSR count). The smallest absolute Gasteiger partial charge is 0.0913 e. The van der Waals surface area contributed by atoms with Crippen molar-refractivity contribution in [1.82, 2.24) is 4.98 Å². The Labute approximate surface area is 109 Å². The summed E-state index contributed by atoms with van der Waals surface area (Å²) in [5, 5.41) is 2.00. The first-order valence-corrected chi connectivity index (χ1v) is 6.21. The quantitative estimate of drug-likeness (QED) is 0.645. The average Bonchev–Trinajstić information content (AvgIpc) is 3.11. The maximum absolute atomic E-state index is 6.17. The Kier molecular flexibility index (Phi) is 2.62. The van der Waals surface area contributed by atoms with Crippen molar-refractivity contribution in [3.05, 3.63) is 33.9 Å². The van der Waals surface area contributed by atoms with Crippen LogP contribution in [0.5, 0.6) is 0 Å². The number of nitrogens with zero attached hydrogens (tertiary/aromatic N) is 1. The predicted octanol–water partition coefficient (Wildman–Crippen LogP) is 3.70. The lowest BCUT2D eigenvalue weighted by Gasteiger charge is -2.10. The molecule has 1 aromatic heterocycles. The zero-order chi connectivity index (χ0) is 12.0. The number of benzene rings is 1. The molecule has 88 valence electrons. The van der Waals surface area contributed by atoms with Crippen LogP contribution in [0.2, 0.25) is 10.0 Å². The summed E-state index contributed by atoms with van der Waals surface area (Å²) in [5.41, 5.74) is 5.32. The first-order valence-electron chi connectivity index (χ1n) is 5.45. The molecule has 0 unspecified atom stereocenters. The molecule has 1 saturated carbocycles. The molecule has 0 amide bonds. The molecule has 1 aromatic carbocycles. The maximum Gasteiger partial charge on any atom is 0.0913 e. The van der Waals surface area contributed by atoms with E-state index in [1.807, 2.05) is 12.1 Å². The van der Waals surface area contributed by atoms with E-state index in [2.05, 4.69) is 10.4 Å². The highest BCUT2D eigenvalue weighted by Gasteiger charge is 2.26. The van der Waals surface area contributed by atoms with Crippen LogP contribution < -0.4 is 11.3 Å². The van der Waals surface area contributed by atoms with Crippen molar-refractivity contribution in [3.8, 4) is 0 Å². The summed E-state index contributed by atoms with van der Waals surface area (Å²) < 4.78 is 0. The first-order chi connectivity index (χ1) is 8.19. The molecular weight excluding hydrogens is 257 g/mol. The van der Waals surface area contributed by atoms with Crippen molar-refractivity contribution < 1.29 is 0 Å². The van der Waals surface area contributed by atoms with Crippen LogP contribution in [0.25, 0.3) is 10.9 Å². The van der Waals surface area contributed by atoms with E-state index in [4.69, 9.17) is 29.0 Å². The summed E-state index contributed by atoms with van der Waals surface area (Å²) in [6, 6.07) is 5.50. The summed E-state index contributed by atoms with van der Waals surface area (Å²) in [6.07, 6.45) is 2.38. The highest BCUT2D eigenvalue weighted by molar-refractivity contribution is 6.38. The summed E-state index contributed by atoms with van der Waals surface area (Å²) in [6.45, 7) is 0. The van der Waals surface area contributed by atoms with Gasteiger partial charge < -0.3 is 5.43 Å². The third kappa shape index (κ3) is 1.95. The molecule has 3 N–H and O–H groups in total. The van der Waals surface area contributed by atoms with E-state index < -0.39 is 0 Å². The fourth-order valence-electron chi connectivity index (χ4n) is 1.98. The van der Waals surface area contributed by atoms with Gasteiger partial charge in [0.05, 0.1) is 16.2 Å². The fraction of sp³-hybridized carbons (Fsp3) is 0.250. The highest BCUT2D eigenvalue weighted by atomic mass is 35.5. The minimum absolute atomic E-state index is 0.554. The molecule has 5 heteroatoms. The average molecular weight is 268 g/mol. The number of pyridine rings is 1. The number of rotatable bonds is 2. The lowest BCUT2D eigenvalue weighted by Crippen LogP contribution is -2.08. The van der Waals surface area contributed by atoms with Gasteiger partial charge >= 0.3 is 0 Å². The van der Waals surface area contributed by atoms with Gasteiger partial charge in [-0.15, -0.1) is 0 Å². The number of hydrogen-bond acceptors (Lipinski definition) is 3. The number of fused-ring (bicyclic) bond motifs is 1. The van der Waals surface area contributed by atoms with Gasteiger partial charge in [-0.05, 0) is 31.0 Å². The summed E-state index contributed by atoms with van der Waals surface area (Å²) in [4.78, 5) is 4.60. The molecule has 1 heterocycles. The second kappa shape index (κ2) is 4.02. The van der Waals surface area contributed by atoms with E-state index in [1.54, 1.807) is 6.07 Å². The van der Waals surface area contributed by atoms with Crippen molar-refractivity contribution in [1.29, 1.82) is 0 Å². The molecule has 0 saturated heterocycles. The second-order valence-electron chi connectivity index (χ2n) is 4.30. The third-order valence-corrected chi connectivity index (χ3v) is 3.51. The molecule has 0 radical (unpaired) electrons. The van der Waals surface area contributed by atoms with Gasteiger partial charge in [-0.2, -0.15) is 0 Å².